The molecule has 17 heavy (non-hydrogen) atoms. The minimum absolute atomic E-state index is 0.0110. The van der Waals surface area contributed by atoms with E-state index in [4.69, 9.17) is 10.2 Å². The number of primary amides is 1. The maximum atomic E-state index is 12.1. The van der Waals surface area contributed by atoms with Gasteiger partial charge in [0.05, 0.1) is 5.56 Å². The van der Waals surface area contributed by atoms with Gasteiger partial charge in [0.15, 0.2) is 5.78 Å². The van der Waals surface area contributed by atoms with Gasteiger partial charge in [0.1, 0.15) is 5.58 Å². The number of hydrogen-bond donors (Lipinski definition) is 1. The van der Waals surface area contributed by atoms with Gasteiger partial charge < -0.3 is 10.2 Å². The molecule has 1 aliphatic rings. The monoisotopic (exact) mass is 229 g/mol. The van der Waals surface area contributed by atoms with E-state index in [0.29, 0.717) is 16.5 Å². The summed E-state index contributed by atoms with van der Waals surface area (Å²) in [6.07, 6.45) is 1.77. The molecule has 4 heteroatoms. The van der Waals surface area contributed by atoms with Crippen molar-refractivity contribution in [2.75, 3.05) is 0 Å². The maximum Gasteiger partial charge on any atom is 0.285 e. The first-order valence-corrected chi connectivity index (χ1v) is 5.54. The van der Waals surface area contributed by atoms with Gasteiger partial charge in [-0.25, -0.2) is 0 Å². The van der Waals surface area contributed by atoms with Crippen molar-refractivity contribution in [3.05, 3.63) is 35.6 Å². The predicted molar refractivity (Wildman–Crippen MR) is 61.8 cm³/mol. The lowest BCUT2D eigenvalue weighted by molar-refractivity contribution is 0.0934. The second kappa shape index (κ2) is 3.45. The molecule has 1 aromatic carbocycles. The van der Waals surface area contributed by atoms with E-state index in [9.17, 15) is 9.59 Å². The Hall–Kier alpha value is -2.10. The topological polar surface area (TPSA) is 73.3 Å². The van der Waals surface area contributed by atoms with Crippen molar-refractivity contribution in [1.29, 1.82) is 0 Å². The van der Waals surface area contributed by atoms with Crippen LogP contribution in [0.1, 0.15) is 33.8 Å². The standard InChI is InChI=1S/C13H11NO3/c14-13(16)12-10(11(15)7-5-6-7)8-3-1-2-4-9(8)17-12/h1-4,7H,5-6H2,(H2,14,16). The van der Waals surface area contributed by atoms with Crippen LogP contribution in [0.5, 0.6) is 0 Å². The van der Waals surface area contributed by atoms with E-state index in [1.54, 1.807) is 18.2 Å². The Balaban J connectivity index is 2.27. The number of ketones is 1. The summed E-state index contributed by atoms with van der Waals surface area (Å²) < 4.78 is 5.36. The summed E-state index contributed by atoms with van der Waals surface area (Å²) in [5.41, 5.74) is 6.14. The smallest absolute Gasteiger partial charge is 0.285 e. The van der Waals surface area contributed by atoms with Crippen molar-refractivity contribution < 1.29 is 14.0 Å². The molecule has 86 valence electrons. The molecule has 1 aromatic heterocycles. The zero-order valence-electron chi connectivity index (χ0n) is 9.10. The average Bonchev–Trinajstić information content (AvgIpc) is 3.08. The SMILES string of the molecule is NC(=O)c1oc2ccccc2c1C(=O)C1CC1. The summed E-state index contributed by atoms with van der Waals surface area (Å²) in [7, 11) is 0. The minimum Gasteiger partial charge on any atom is -0.450 e. The second-order valence-electron chi connectivity index (χ2n) is 4.31. The number of para-hydroxylation sites is 1. The first-order chi connectivity index (χ1) is 8.18. The summed E-state index contributed by atoms with van der Waals surface area (Å²) in [4.78, 5) is 23.5. The van der Waals surface area contributed by atoms with Gasteiger partial charge in [-0.3, -0.25) is 9.59 Å². The van der Waals surface area contributed by atoms with E-state index in [2.05, 4.69) is 0 Å². The second-order valence-corrected chi connectivity index (χ2v) is 4.31. The lowest BCUT2D eigenvalue weighted by Crippen LogP contribution is -2.15. The third-order valence-corrected chi connectivity index (χ3v) is 3.01. The molecule has 1 amide bonds. The molecule has 2 N–H and O–H groups in total. The van der Waals surface area contributed by atoms with Crippen LogP contribution in [0.25, 0.3) is 11.0 Å². The average molecular weight is 229 g/mol. The molecule has 3 rings (SSSR count). The highest BCUT2D eigenvalue weighted by Gasteiger charge is 2.35. The number of Topliss-reactive ketones (excluding diaryl/α,β-unsaturated/α-hetero) is 1. The molecular formula is C13H11NO3. The summed E-state index contributed by atoms with van der Waals surface area (Å²) in [6.45, 7) is 0. The largest absolute Gasteiger partial charge is 0.450 e. The normalized spacial score (nSPS) is 15.1. The first kappa shape index (κ1) is 10.1. The van der Waals surface area contributed by atoms with E-state index < -0.39 is 5.91 Å². The van der Waals surface area contributed by atoms with Crippen LogP contribution in [0.4, 0.5) is 0 Å². The van der Waals surface area contributed by atoms with Crippen LogP contribution in [-0.2, 0) is 0 Å². The van der Waals surface area contributed by atoms with Crippen molar-refractivity contribution in [3.63, 3.8) is 0 Å². The molecule has 4 nitrogen and oxygen atoms in total. The zero-order chi connectivity index (χ0) is 12.0. The van der Waals surface area contributed by atoms with Crippen LogP contribution in [0.3, 0.4) is 0 Å². The lowest BCUT2D eigenvalue weighted by atomic mass is 10.0. The number of furan rings is 1. The number of nitrogens with two attached hydrogens (primary N) is 1. The van der Waals surface area contributed by atoms with E-state index in [1.807, 2.05) is 6.07 Å². The van der Waals surface area contributed by atoms with Crippen molar-refractivity contribution >= 4 is 22.7 Å². The predicted octanol–water partition coefficient (Wildman–Crippen LogP) is 2.12. The van der Waals surface area contributed by atoms with E-state index in [0.717, 1.165) is 12.8 Å². The number of amides is 1. The highest BCUT2D eigenvalue weighted by Crippen LogP contribution is 2.36. The Morgan fingerprint density at radius 1 is 1.24 bits per heavy atom. The highest BCUT2D eigenvalue weighted by atomic mass is 16.3. The molecule has 2 aromatic rings. The van der Waals surface area contributed by atoms with E-state index >= 15 is 0 Å². The molecule has 1 aliphatic carbocycles. The Kier molecular flexibility index (Phi) is 2.04. The maximum absolute atomic E-state index is 12.1. The van der Waals surface area contributed by atoms with Crippen LogP contribution in [0, 0.1) is 5.92 Å². The third kappa shape index (κ3) is 1.53. The molecule has 0 unspecified atom stereocenters. The molecular weight excluding hydrogens is 218 g/mol. The fraction of sp³-hybridized carbons (Fsp3) is 0.231. The molecule has 0 spiro atoms. The Labute approximate surface area is 97.4 Å². The van der Waals surface area contributed by atoms with Crippen LogP contribution in [-0.4, -0.2) is 11.7 Å². The van der Waals surface area contributed by atoms with E-state index in [-0.39, 0.29) is 17.5 Å². The number of carbonyl (C=O) groups is 2. The van der Waals surface area contributed by atoms with Crippen LogP contribution in [0.2, 0.25) is 0 Å². The van der Waals surface area contributed by atoms with Gasteiger partial charge in [-0.15, -0.1) is 0 Å². The molecule has 0 radical (unpaired) electrons. The van der Waals surface area contributed by atoms with Gasteiger partial charge >= 0.3 is 0 Å². The van der Waals surface area contributed by atoms with Gasteiger partial charge in [-0.05, 0) is 18.9 Å². The number of carbonyl (C=O) groups excluding carboxylic acids is 2. The molecule has 0 atom stereocenters. The molecule has 1 fully saturated rings. The Morgan fingerprint density at radius 3 is 2.59 bits per heavy atom. The number of rotatable bonds is 3. The van der Waals surface area contributed by atoms with Gasteiger partial charge in [0, 0.05) is 11.3 Å². The number of benzene rings is 1. The molecule has 1 saturated carbocycles. The van der Waals surface area contributed by atoms with Crippen LogP contribution in [0.15, 0.2) is 28.7 Å². The summed E-state index contributed by atoms with van der Waals surface area (Å²) in [5, 5.41) is 0.679. The van der Waals surface area contributed by atoms with Crippen molar-refractivity contribution in [2.24, 2.45) is 11.7 Å². The Morgan fingerprint density at radius 2 is 1.94 bits per heavy atom. The molecule has 1 heterocycles. The van der Waals surface area contributed by atoms with Crippen molar-refractivity contribution in [2.45, 2.75) is 12.8 Å². The van der Waals surface area contributed by atoms with Gasteiger partial charge in [-0.1, -0.05) is 18.2 Å². The summed E-state index contributed by atoms with van der Waals surface area (Å²) >= 11 is 0. The van der Waals surface area contributed by atoms with Crippen LogP contribution < -0.4 is 5.73 Å². The summed E-state index contributed by atoms with van der Waals surface area (Å²) in [5.74, 6) is -0.689. The fourth-order valence-corrected chi connectivity index (χ4v) is 2.01. The van der Waals surface area contributed by atoms with Crippen molar-refractivity contribution in [3.8, 4) is 0 Å². The highest BCUT2D eigenvalue weighted by molar-refractivity contribution is 6.16. The number of hydrogen-bond acceptors (Lipinski definition) is 3. The van der Waals surface area contributed by atoms with Gasteiger partial charge in [0.25, 0.3) is 5.91 Å². The third-order valence-electron chi connectivity index (χ3n) is 3.01. The first-order valence-electron chi connectivity index (χ1n) is 5.54. The zero-order valence-corrected chi connectivity index (χ0v) is 9.10. The minimum atomic E-state index is -0.690. The quantitative estimate of drug-likeness (QED) is 0.819. The Bertz CT molecular complexity index is 623. The number of fused-ring (bicyclic) bond motifs is 1. The fourth-order valence-electron chi connectivity index (χ4n) is 2.01. The lowest BCUT2D eigenvalue weighted by Gasteiger charge is -1.97. The van der Waals surface area contributed by atoms with Gasteiger partial charge in [-0.2, -0.15) is 0 Å². The van der Waals surface area contributed by atoms with E-state index in [1.165, 1.54) is 0 Å². The van der Waals surface area contributed by atoms with Crippen LogP contribution >= 0.6 is 0 Å². The van der Waals surface area contributed by atoms with Gasteiger partial charge in [0.2, 0.25) is 5.76 Å². The summed E-state index contributed by atoms with van der Waals surface area (Å²) in [6, 6.07) is 7.11. The molecule has 0 aliphatic heterocycles. The molecule has 0 saturated heterocycles. The van der Waals surface area contributed by atoms with Crippen molar-refractivity contribution in [1.82, 2.24) is 0 Å². The molecule has 0 bridgehead atoms.